The molecular formula is C10H10BrN3O2. The van der Waals surface area contributed by atoms with E-state index in [0.29, 0.717) is 17.9 Å². The largest absolute Gasteiger partial charge is 0.364 e. The quantitative estimate of drug-likeness (QED) is 0.933. The second kappa shape index (κ2) is 4.52. The van der Waals surface area contributed by atoms with E-state index in [1.54, 1.807) is 16.7 Å². The van der Waals surface area contributed by atoms with Crippen LogP contribution >= 0.6 is 15.9 Å². The maximum Gasteiger partial charge on any atom is 0.268 e. The van der Waals surface area contributed by atoms with Gasteiger partial charge in [0.2, 0.25) is 0 Å². The fraction of sp³-hybridized carbons (Fsp3) is 0.200. The van der Waals surface area contributed by atoms with Crippen LogP contribution in [0, 0.1) is 0 Å². The van der Waals surface area contributed by atoms with E-state index in [9.17, 15) is 4.79 Å². The van der Waals surface area contributed by atoms with Crippen LogP contribution in [0.4, 0.5) is 0 Å². The van der Waals surface area contributed by atoms with Crippen molar-refractivity contribution in [1.82, 2.24) is 15.0 Å². The fourth-order valence-corrected chi connectivity index (χ4v) is 1.86. The lowest BCUT2D eigenvalue weighted by molar-refractivity contribution is 0.0942. The molecule has 0 unspecified atom stereocenters. The first-order chi connectivity index (χ1) is 7.66. The summed E-state index contributed by atoms with van der Waals surface area (Å²) in [5, 5.41) is 6.46. The summed E-state index contributed by atoms with van der Waals surface area (Å²) < 4.78 is 7.29. The van der Waals surface area contributed by atoms with E-state index in [0.717, 1.165) is 4.47 Å². The van der Waals surface area contributed by atoms with Crippen molar-refractivity contribution in [2.24, 2.45) is 7.05 Å². The number of hydrogen-bond donors (Lipinski definition) is 1. The molecule has 1 amide bonds. The van der Waals surface area contributed by atoms with Gasteiger partial charge in [-0.15, -0.1) is 0 Å². The molecule has 0 spiro atoms. The molecule has 84 valence electrons. The van der Waals surface area contributed by atoms with Crippen molar-refractivity contribution in [3.8, 4) is 0 Å². The molecule has 0 saturated heterocycles. The van der Waals surface area contributed by atoms with E-state index in [2.05, 4.69) is 30.9 Å². The number of amides is 1. The van der Waals surface area contributed by atoms with Gasteiger partial charge in [0.1, 0.15) is 17.7 Å². The molecule has 5 nitrogen and oxygen atoms in total. The third-order valence-corrected chi connectivity index (χ3v) is 2.56. The highest BCUT2D eigenvalue weighted by Crippen LogP contribution is 2.13. The second-order valence-corrected chi connectivity index (χ2v) is 4.24. The van der Waals surface area contributed by atoms with Crippen LogP contribution < -0.4 is 5.32 Å². The molecule has 2 heterocycles. The third-order valence-electron chi connectivity index (χ3n) is 2.13. The summed E-state index contributed by atoms with van der Waals surface area (Å²) in [6.07, 6.45) is 3.30. The Kier molecular flexibility index (Phi) is 3.09. The zero-order chi connectivity index (χ0) is 11.5. The van der Waals surface area contributed by atoms with E-state index in [1.807, 2.05) is 13.2 Å². The first kappa shape index (κ1) is 10.9. The molecule has 0 saturated carbocycles. The monoisotopic (exact) mass is 283 g/mol. The molecule has 0 radical (unpaired) electrons. The molecule has 2 aromatic heterocycles. The van der Waals surface area contributed by atoms with Crippen LogP contribution in [-0.2, 0) is 13.6 Å². The van der Waals surface area contributed by atoms with Crippen LogP contribution in [0.15, 0.2) is 33.6 Å². The zero-order valence-electron chi connectivity index (χ0n) is 8.61. The van der Waals surface area contributed by atoms with Gasteiger partial charge >= 0.3 is 0 Å². The van der Waals surface area contributed by atoms with Gasteiger partial charge in [0.15, 0.2) is 0 Å². The lowest BCUT2D eigenvalue weighted by Gasteiger charge is -2.03. The van der Waals surface area contributed by atoms with Crippen molar-refractivity contribution in [3.05, 3.63) is 40.5 Å². The summed E-state index contributed by atoms with van der Waals surface area (Å²) >= 11 is 3.31. The highest BCUT2D eigenvalue weighted by Gasteiger charge is 2.10. The van der Waals surface area contributed by atoms with Gasteiger partial charge in [0.05, 0.1) is 6.54 Å². The maximum atomic E-state index is 11.8. The Morgan fingerprint density at radius 2 is 2.50 bits per heavy atom. The summed E-state index contributed by atoms with van der Waals surface area (Å²) in [6.45, 7) is 0.359. The van der Waals surface area contributed by atoms with E-state index in [-0.39, 0.29) is 5.91 Å². The standard InChI is InChI=1S/C10H10BrN3O2/c1-14-6-7(11)4-9(14)10(15)12-5-8-2-3-16-13-8/h2-4,6H,5H2,1H3,(H,12,15). The molecule has 0 fully saturated rings. The Hall–Kier alpha value is -1.56. The summed E-state index contributed by atoms with van der Waals surface area (Å²) in [6, 6.07) is 3.47. The molecule has 0 aliphatic rings. The Morgan fingerprint density at radius 3 is 3.06 bits per heavy atom. The van der Waals surface area contributed by atoms with Gasteiger partial charge in [0, 0.05) is 23.8 Å². The highest BCUT2D eigenvalue weighted by molar-refractivity contribution is 9.10. The van der Waals surface area contributed by atoms with Crippen LogP contribution in [0.5, 0.6) is 0 Å². The van der Waals surface area contributed by atoms with Crippen LogP contribution in [0.25, 0.3) is 0 Å². The third kappa shape index (κ3) is 2.33. The number of aryl methyl sites for hydroxylation is 1. The molecule has 2 rings (SSSR count). The zero-order valence-corrected chi connectivity index (χ0v) is 10.2. The second-order valence-electron chi connectivity index (χ2n) is 3.33. The predicted molar refractivity (Wildman–Crippen MR) is 60.8 cm³/mol. The van der Waals surface area contributed by atoms with E-state index < -0.39 is 0 Å². The topological polar surface area (TPSA) is 60.1 Å². The first-order valence-corrected chi connectivity index (χ1v) is 5.45. The highest BCUT2D eigenvalue weighted by atomic mass is 79.9. The molecule has 0 bridgehead atoms. The number of halogens is 1. The first-order valence-electron chi connectivity index (χ1n) is 4.66. The van der Waals surface area contributed by atoms with Crippen molar-refractivity contribution in [3.63, 3.8) is 0 Å². The molecule has 0 aliphatic carbocycles. The predicted octanol–water partition coefficient (Wildman–Crippen LogP) is 1.71. The summed E-state index contributed by atoms with van der Waals surface area (Å²) in [4.78, 5) is 11.8. The lowest BCUT2D eigenvalue weighted by Crippen LogP contribution is -2.24. The molecule has 16 heavy (non-hydrogen) atoms. The van der Waals surface area contributed by atoms with Crippen molar-refractivity contribution in [1.29, 1.82) is 0 Å². The maximum absolute atomic E-state index is 11.8. The Bertz CT molecular complexity index is 490. The number of hydrogen-bond acceptors (Lipinski definition) is 3. The van der Waals surface area contributed by atoms with Gasteiger partial charge in [0.25, 0.3) is 5.91 Å². The van der Waals surface area contributed by atoms with Crippen LogP contribution in [0.3, 0.4) is 0 Å². The molecule has 0 aliphatic heterocycles. The van der Waals surface area contributed by atoms with Crippen molar-refractivity contribution in [2.45, 2.75) is 6.54 Å². The number of rotatable bonds is 3. The van der Waals surface area contributed by atoms with Crippen molar-refractivity contribution in [2.75, 3.05) is 0 Å². The number of nitrogens with zero attached hydrogens (tertiary/aromatic N) is 2. The average molecular weight is 284 g/mol. The van der Waals surface area contributed by atoms with Gasteiger partial charge in [-0.1, -0.05) is 5.16 Å². The molecule has 0 atom stereocenters. The number of aromatic nitrogens is 2. The lowest BCUT2D eigenvalue weighted by atomic mass is 10.3. The normalized spacial score (nSPS) is 10.4. The van der Waals surface area contributed by atoms with Gasteiger partial charge in [-0.3, -0.25) is 4.79 Å². The fourth-order valence-electron chi connectivity index (χ4n) is 1.34. The van der Waals surface area contributed by atoms with E-state index in [1.165, 1.54) is 6.26 Å². The average Bonchev–Trinajstić information content (AvgIpc) is 2.84. The summed E-state index contributed by atoms with van der Waals surface area (Å²) in [5.41, 5.74) is 1.29. The molecular weight excluding hydrogens is 274 g/mol. The number of carbonyl (C=O) groups excluding carboxylic acids is 1. The summed E-state index contributed by atoms with van der Waals surface area (Å²) in [5.74, 6) is -0.142. The Labute approximate surface area is 101 Å². The van der Waals surface area contributed by atoms with E-state index in [4.69, 9.17) is 0 Å². The van der Waals surface area contributed by atoms with Gasteiger partial charge in [-0.05, 0) is 22.0 Å². The summed E-state index contributed by atoms with van der Waals surface area (Å²) in [7, 11) is 1.82. The molecule has 0 aromatic carbocycles. The molecule has 2 aromatic rings. The van der Waals surface area contributed by atoms with Crippen molar-refractivity contribution < 1.29 is 9.32 Å². The molecule has 1 N–H and O–H groups in total. The van der Waals surface area contributed by atoms with Crippen LogP contribution in [0.2, 0.25) is 0 Å². The minimum atomic E-state index is -0.142. The van der Waals surface area contributed by atoms with Crippen LogP contribution in [-0.4, -0.2) is 15.6 Å². The Morgan fingerprint density at radius 1 is 1.69 bits per heavy atom. The molecule has 6 heteroatoms. The van der Waals surface area contributed by atoms with Crippen LogP contribution in [0.1, 0.15) is 16.2 Å². The minimum absolute atomic E-state index is 0.142. The number of carbonyl (C=O) groups is 1. The van der Waals surface area contributed by atoms with Gasteiger partial charge < -0.3 is 14.4 Å². The number of nitrogens with one attached hydrogen (secondary N) is 1. The Balaban J connectivity index is 2.01. The van der Waals surface area contributed by atoms with Gasteiger partial charge in [-0.25, -0.2) is 0 Å². The van der Waals surface area contributed by atoms with Gasteiger partial charge in [-0.2, -0.15) is 0 Å². The smallest absolute Gasteiger partial charge is 0.268 e. The SMILES string of the molecule is Cn1cc(Br)cc1C(=O)NCc1ccon1. The van der Waals surface area contributed by atoms with E-state index >= 15 is 0 Å². The van der Waals surface area contributed by atoms with Crippen molar-refractivity contribution >= 4 is 21.8 Å². The minimum Gasteiger partial charge on any atom is -0.364 e.